The molecular formula is C16H22N2O3. The lowest BCUT2D eigenvalue weighted by atomic mass is 9.85. The van der Waals surface area contributed by atoms with Gasteiger partial charge in [0.1, 0.15) is 6.04 Å². The minimum atomic E-state index is -0.987. The van der Waals surface area contributed by atoms with Gasteiger partial charge in [-0.1, -0.05) is 45.0 Å². The third kappa shape index (κ3) is 3.08. The van der Waals surface area contributed by atoms with Gasteiger partial charge in [0.2, 0.25) is 5.91 Å². The second kappa shape index (κ2) is 5.48. The van der Waals surface area contributed by atoms with Gasteiger partial charge in [-0.25, -0.2) is 4.79 Å². The van der Waals surface area contributed by atoms with Crippen LogP contribution in [0, 0.1) is 5.41 Å². The number of hydrogen-bond acceptors (Lipinski definition) is 3. The molecule has 0 spiro atoms. The quantitative estimate of drug-likeness (QED) is 0.862. The summed E-state index contributed by atoms with van der Waals surface area (Å²) in [5.41, 5.74) is 7.59. The Kier molecular flexibility index (Phi) is 4.05. The van der Waals surface area contributed by atoms with Gasteiger partial charge in [0.05, 0.1) is 6.04 Å². The summed E-state index contributed by atoms with van der Waals surface area (Å²) in [7, 11) is 0. The molecule has 1 aromatic rings. The summed E-state index contributed by atoms with van der Waals surface area (Å²) in [4.78, 5) is 25.5. The van der Waals surface area contributed by atoms with Crippen LogP contribution in [0.4, 0.5) is 0 Å². The first-order valence-electron chi connectivity index (χ1n) is 7.07. The van der Waals surface area contributed by atoms with Crippen molar-refractivity contribution in [1.29, 1.82) is 0 Å². The molecule has 21 heavy (non-hydrogen) atoms. The molecule has 1 amide bonds. The number of carbonyl (C=O) groups is 2. The maximum Gasteiger partial charge on any atom is 0.326 e. The number of hydrogen-bond donors (Lipinski definition) is 2. The first kappa shape index (κ1) is 15.5. The van der Waals surface area contributed by atoms with Gasteiger partial charge in [-0.3, -0.25) is 4.79 Å². The monoisotopic (exact) mass is 290 g/mol. The summed E-state index contributed by atoms with van der Waals surface area (Å²) in [5, 5.41) is 9.43. The van der Waals surface area contributed by atoms with Crippen molar-refractivity contribution in [1.82, 2.24) is 4.90 Å². The van der Waals surface area contributed by atoms with Crippen LogP contribution in [0.5, 0.6) is 0 Å². The van der Waals surface area contributed by atoms with Gasteiger partial charge in [-0.05, 0) is 16.5 Å². The Balaban J connectivity index is 2.33. The standard InChI is InChI=1S/C16H22N2O3/c1-16(2,3)13(17)14(19)18-9-11-7-5-4-6-10(11)8-12(18)15(20)21/h4-7,12-13H,8-9,17H2,1-3H3,(H,20,21)/t12-,13-/m0/s1. The number of carbonyl (C=O) groups excluding carboxylic acids is 1. The maximum atomic E-state index is 12.6. The Morgan fingerprint density at radius 3 is 2.38 bits per heavy atom. The zero-order valence-corrected chi connectivity index (χ0v) is 12.7. The van der Waals surface area contributed by atoms with Gasteiger partial charge in [-0.2, -0.15) is 0 Å². The predicted molar refractivity (Wildman–Crippen MR) is 79.6 cm³/mol. The third-order valence-corrected chi connectivity index (χ3v) is 4.02. The highest BCUT2D eigenvalue weighted by molar-refractivity contribution is 5.88. The highest BCUT2D eigenvalue weighted by Gasteiger charge is 2.39. The van der Waals surface area contributed by atoms with Crippen molar-refractivity contribution in [2.45, 2.75) is 45.8 Å². The molecule has 0 aliphatic carbocycles. The van der Waals surface area contributed by atoms with E-state index in [9.17, 15) is 14.7 Å². The second-order valence-electron chi connectivity index (χ2n) is 6.64. The topological polar surface area (TPSA) is 83.6 Å². The van der Waals surface area contributed by atoms with Gasteiger partial charge in [0.25, 0.3) is 0 Å². The van der Waals surface area contributed by atoms with Gasteiger partial charge >= 0.3 is 5.97 Å². The minimum Gasteiger partial charge on any atom is -0.480 e. The first-order valence-corrected chi connectivity index (χ1v) is 7.07. The van der Waals surface area contributed by atoms with Gasteiger partial charge < -0.3 is 15.7 Å². The summed E-state index contributed by atoms with van der Waals surface area (Å²) in [6.07, 6.45) is 0.327. The lowest BCUT2D eigenvalue weighted by molar-refractivity contribution is -0.153. The highest BCUT2D eigenvalue weighted by atomic mass is 16.4. The Morgan fingerprint density at radius 1 is 1.29 bits per heavy atom. The van der Waals surface area contributed by atoms with Crippen LogP contribution in [0.25, 0.3) is 0 Å². The number of amides is 1. The Labute approximate surface area is 124 Å². The lowest BCUT2D eigenvalue weighted by Gasteiger charge is -2.38. The van der Waals surface area contributed by atoms with Crippen molar-refractivity contribution in [3.8, 4) is 0 Å². The summed E-state index contributed by atoms with van der Waals surface area (Å²) >= 11 is 0. The largest absolute Gasteiger partial charge is 0.480 e. The van der Waals surface area contributed by atoms with Crippen molar-refractivity contribution >= 4 is 11.9 Å². The fraction of sp³-hybridized carbons (Fsp3) is 0.500. The molecular weight excluding hydrogens is 268 g/mol. The van der Waals surface area contributed by atoms with Gasteiger partial charge in [0, 0.05) is 13.0 Å². The molecule has 1 aliphatic rings. The number of carboxylic acids is 1. The molecule has 0 radical (unpaired) electrons. The number of benzene rings is 1. The van der Waals surface area contributed by atoms with Crippen molar-refractivity contribution in [3.05, 3.63) is 35.4 Å². The normalized spacial score (nSPS) is 19.8. The van der Waals surface area contributed by atoms with Crippen LogP contribution in [-0.4, -0.2) is 34.0 Å². The van der Waals surface area contributed by atoms with Gasteiger partial charge in [0.15, 0.2) is 0 Å². The third-order valence-electron chi connectivity index (χ3n) is 4.02. The molecule has 0 aromatic heterocycles. The van der Waals surface area contributed by atoms with Crippen LogP contribution in [0.2, 0.25) is 0 Å². The molecule has 1 aliphatic heterocycles. The van der Waals surface area contributed by atoms with E-state index in [0.717, 1.165) is 11.1 Å². The summed E-state index contributed by atoms with van der Waals surface area (Å²) in [6, 6.07) is 6.06. The summed E-state index contributed by atoms with van der Waals surface area (Å²) < 4.78 is 0. The lowest BCUT2D eigenvalue weighted by Crippen LogP contribution is -2.56. The van der Waals surface area contributed by atoms with E-state index < -0.39 is 23.5 Å². The minimum absolute atomic E-state index is 0.301. The molecule has 3 N–H and O–H groups in total. The van der Waals surface area contributed by atoms with Crippen LogP contribution in [0.1, 0.15) is 31.9 Å². The van der Waals surface area contributed by atoms with E-state index in [-0.39, 0.29) is 5.91 Å². The molecule has 0 saturated heterocycles. The fourth-order valence-electron chi connectivity index (χ4n) is 2.52. The van der Waals surface area contributed by atoms with Crippen LogP contribution in [0.15, 0.2) is 24.3 Å². The molecule has 0 fully saturated rings. The van der Waals surface area contributed by atoms with Gasteiger partial charge in [-0.15, -0.1) is 0 Å². The number of rotatable bonds is 2. The molecule has 5 heteroatoms. The predicted octanol–water partition coefficient (Wildman–Crippen LogP) is 1.40. The van der Waals surface area contributed by atoms with E-state index in [0.29, 0.717) is 13.0 Å². The first-order chi connectivity index (χ1) is 9.71. The molecule has 0 bridgehead atoms. The maximum absolute atomic E-state index is 12.6. The van der Waals surface area contributed by atoms with Crippen LogP contribution in [-0.2, 0) is 22.6 Å². The molecule has 0 saturated carbocycles. The number of nitrogens with two attached hydrogens (primary N) is 1. The number of nitrogens with zero attached hydrogens (tertiary/aromatic N) is 1. The zero-order chi connectivity index (χ0) is 15.8. The summed E-state index contributed by atoms with van der Waals surface area (Å²) in [5.74, 6) is -1.29. The molecule has 2 rings (SSSR count). The Bertz CT molecular complexity index is 563. The smallest absolute Gasteiger partial charge is 0.326 e. The Hall–Kier alpha value is -1.88. The molecule has 1 heterocycles. The zero-order valence-electron chi connectivity index (χ0n) is 12.7. The SMILES string of the molecule is CC(C)(C)[C@@H](N)C(=O)N1Cc2ccccc2C[C@H]1C(=O)O. The van der Waals surface area contributed by atoms with E-state index >= 15 is 0 Å². The molecule has 1 aromatic carbocycles. The van der Waals surface area contributed by atoms with Crippen molar-refractivity contribution in [3.63, 3.8) is 0 Å². The van der Waals surface area contributed by atoms with E-state index in [2.05, 4.69) is 0 Å². The average molecular weight is 290 g/mol. The summed E-state index contributed by atoms with van der Waals surface area (Å²) in [6.45, 7) is 5.94. The number of aliphatic carboxylic acids is 1. The molecule has 2 atom stereocenters. The van der Waals surface area contributed by atoms with Crippen molar-refractivity contribution < 1.29 is 14.7 Å². The average Bonchev–Trinajstić information content (AvgIpc) is 2.43. The van der Waals surface area contributed by atoms with E-state index in [1.165, 1.54) is 4.90 Å². The van der Waals surface area contributed by atoms with E-state index in [1.807, 2.05) is 45.0 Å². The molecule has 0 unspecified atom stereocenters. The van der Waals surface area contributed by atoms with E-state index in [4.69, 9.17) is 5.73 Å². The molecule has 5 nitrogen and oxygen atoms in total. The highest BCUT2D eigenvalue weighted by Crippen LogP contribution is 2.27. The van der Waals surface area contributed by atoms with Crippen LogP contribution in [0.3, 0.4) is 0 Å². The van der Waals surface area contributed by atoms with E-state index in [1.54, 1.807) is 0 Å². The number of carboxylic acid groups (broad SMARTS) is 1. The van der Waals surface area contributed by atoms with Crippen molar-refractivity contribution in [2.24, 2.45) is 11.1 Å². The number of fused-ring (bicyclic) bond motifs is 1. The molecule has 114 valence electrons. The Morgan fingerprint density at radius 2 is 1.86 bits per heavy atom. The second-order valence-corrected chi connectivity index (χ2v) is 6.64. The fourth-order valence-corrected chi connectivity index (χ4v) is 2.52. The van der Waals surface area contributed by atoms with Crippen molar-refractivity contribution in [2.75, 3.05) is 0 Å². The van der Waals surface area contributed by atoms with Crippen LogP contribution >= 0.6 is 0 Å². The van der Waals surface area contributed by atoms with Crippen LogP contribution < -0.4 is 5.73 Å².